The van der Waals surface area contributed by atoms with Crippen molar-refractivity contribution < 1.29 is 18.9 Å². The Labute approximate surface area is 143 Å². The summed E-state index contributed by atoms with van der Waals surface area (Å²) in [5.74, 6) is 1.50. The Morgan fingerprint density at radius 1 is 0.958 bits per heavy atom. The standard InChI is InChI=1S/C19H27NO4/c1-5-23-18(24-6-2)13-20-12-14-7-8-15-9-10-17(21-3)19(22-4)16(15)11-14/h7-11,18,20H,5-6,12-13H2,1-4H3. The zero-order valence-corrected chi connectivity index (χ0v) is 14.9. The zero-order chi connectivity index (χ0) is 17.4. The Morgan fingerprint density at radius 2 is 1.67 bits per heavy atom. The smallest absolute Gasteiger partial charge is 0.169 e. The lowest BCUT2D eigenvalue weighted by Gasteiger charge is -2.17. The molecule has 0 bridgehead atoms. The molecule has 5 heteroatoms. The van der Waals surface area contributed by atoms with E-state index in [0.29, 0.717) is 19.8 Å². The lowest BCUT2D eigenvalue weighted by Crippen LogP contribution is -2.31. The molecule has 0 heterocycles. The summed E-state index contributed by atoms with van der Waals surface area (Å²) in [7, 11) is 3.31. The summed E-state index contributed by atoms with van der Waals surface area (Å²) >= 11 is 0. The van der Waals surface area contributed by atoms with E-state index in [2.05, 4.69) is 23.5 Å². The van der Waals surface area contributed by atoms with Crippen LogP contribution in [0.4, 0.5) is 0 Å². The summed E-state index contributed by atoms with van der Waals surface area (Å²) in [6, 6.07) is 10.3. The molecule has 0 aliphatic carbocycles. The van der Waals surface area contributed by atoms with E-state index in [1.807, 2.05) is 26.0 Å². The van der Waals surface area contributed by atoms with Crippen LogP contribution in [0.3, 0.4) is 0 Å². The van der Waals surface area contributed by atoms with Crippen LogP contribution in [0.25, 0.3) is 10.8 Å². The fourth-order valence-electron chi connectivity index (χ4n) is 2.67. The molecule has 2 aromatic carbocycles. The quantitative estimate of drug-likeness (QED) is 0.676. The second-order valence-electron chi connectivity index (χ2n) is 5.33. The number of hydrogen-bond acceptors (Lipinski definition) is 5. The second kappa shape index (κ2) is 9.47. The third-order valence-corrected chi connectivity index (χ3v) is 3.77. The van der Waals surface area contributed by atoms with Gasteiger partial charge in [-0.15, -0.1) is 0 Å². The van der Waals surface area contributed by atoms with Gasteiger partial charge in [-0.3, -0.25) is 0 Å². The van der Waals surface area contributed by atoms with Crippen molar-refractivity contribution in [1.82, 2.24) is 5.32 Å². The van der Waals surface area contributed by atoms with E-state index in [1.165, 1.54) is 5.56 Å². The highest BCUT2D eigenvalue weighted by Gasteiger charge is 2.10. The SMILES string of the molecule is CCOC(CNCc1ccc2ccc(OC)c(OC)c2c1)OCC. The van der Waals surface area contributed by atoms with Crippen LogP contribution < -0.4 is 14.8 Å². The summed E-state index contributed by atoms with van der Waals surface area (Å²) in [4.78, 5) is 0. The van der Waals surface area contributed by atoms with Gasteiger partial charge >= 0.3 is 0 Å². The minimum Gasteiger partial charge on any atom is -0.493 e. The maximum atomic E-state index is 5.54. The molecule has 5 nitrogen and oxygen atoms in total. The van der Waals surface area contributed by atoms with Crippen LogP contribution in [0.15, 0.2) is 30.3 Å². The number of methoxy groups -OCH3 is 2. The molecular weight excluding hydrogens is 306 g/mol. The highest BCUT2D eigenvalue weighted by atomic mass is 16.7. The Bertz CT molecular complexity index is 639. The Morgan fingerprint density at radius 3 is 2.29 bits per heavy atom. The summed E-state index contributed by atoms with van der Waals surface area (Å²) in [6.07, 6.45) is -0.213. The Balaban J connectivity index is 2.09. The van der Waals surface area contributed by atoms with Crippen LogP contribution in [0, 0.1) is 0 Å². The van der Waals surface area contributed by atoms with E-state index in [9.17, 15) is 0 Å². The van der Waals surface area contributed by atoms with Crippen molar-refractivity contribution in [2.75, 3.05) is 34.0 Å². The van der Waals surface area contributed by atoms with E-state index in [-0.39, 0.29) is 6.29 Å². The first-order valence-corrected chi connectivity index (χ1v) is 8.31. The Hall–Kier alpha value is -1.82. The summed E-state index contributed by atoms with van der Waals surface area (Å²) < 4.78 is 22.0. The first-order chi connectivity index (χ1) is 11.7. The normalized spacial score (nSPS) is 11.2. The van der Waals surface area contributed by atoms with Crippen molar-refractivity contribution in [3.63, 3.8) is 0 Å². The van der Waals surface area contributed by atoms with Crippen molar-refractivity contribution in [1.29, 1.82) is 0 Å². The molecule has 0 unspecified atom stereocenters. The fourth-order valence-corrected chi connectivity index (χ4v) is 2.67. The molecule has 0 saturated heterocycles. The molecular formula is C19H27NO4. The lowest BCUT2D eigenvalue weighted by molar-refractivity contribution is -0.133. The van der Waals surface area contributed by atoms with E-state index in [0.717, 1.165) is 28.8 Å². The maximum absolute atomic E-state index is 5.54. The van der Waals surface area contributed by atoms with Gasteiger partial charge in [0, 0.05) is 31.7 Å². The van der Waals surface area contributed by atoms with Crippen molar-refractivity contribution in [2.24, 2.45) is 0 Å². The van der Waals surface area contributed by atoms with Crippen molar-refractivity contribution >= 4 is 10.8 Å². The molecule has 24 heavy (non-hydrogen) atoms. The van der Waals surface area contributed by atoms with Gasteiger partial charge in [-0.25, -0.2) is 0 Å². The predicted octanol–water partition coefficient (Wildman–Crippen LogP) is 3.35. The average molecular weight is 333 g/mol. The van der Waals surface area contributed by atoms with Gasteiger partial charge in [-0.2, -0.15) is 0 Å². The molecule has 0 aliphatic rings. The number of rotatable bonds is 10. The second-order valence-corrected chi connectivity index (χ2v) is 5.33. The lowest BCUT2D eigenvalue weighted by atomic mass is 10.1. The molecule has 0 aromatic heterocycles. The van der Waals surface area contributed by atoms with Gasteiger partial charge < -0.3 is 24.3 Å². The van der Waals surface area contributed by atoms with Crippen LogP contribution in [-0.4, -0.2) is 40.3 Å². The molecule has 0 aliphatic heterocycles. The van der Waals surface area contributed by atoms with Gasteiger partial charge in [0.2, 0.25) is 0 Å². The van der Waals surface area contributed by atoms with E-state index < -0.39 is 0 Å². The number of fused-ring (bicyclic) bond motifs is 1. The molecule has 132 valence electrons. The minimum absolute atomic E-state index is 0.213. The van der Waals surface area contributed by atoms with Gasteiger partial charge in [-0.1, -0.05) is 18.2 Å². The largest absolute Gasteiger partial charge is 0.493 e. The first kappa shape index (κ1) is 18.5. The van der Waals surface area contributed by atoms with Crippen LogP contribution in [0.2, 0.25) is 0 Å². The van der Waals surface area contributed by atoms with E-state index in [4.69, 9.17) is 18.9 Å². The predicted molar refractivity (Wildman–Crippen MR) is 95.8 cm³/mol. The van der Waals surface area contributed by atoms with Gasteiger partial charge in [0.25, 0.3) is 0 Å². The van der Waals surface area contributed by atoms with Crippen LogP contribution in [-0.2, 0) is 16.0 Å². The molecule has 0 spiro atoms. The topological polar surface area (TPSA) is 49.0 Å². The summed E-state index contributed by atoms with van der Waals surface area (Å²) in [5.41, 5.74) is 1.17. The van der Waals surface area contributed by atoms with Gasteiger partial charge in [0.1, 0.15) is 0 Å². The van der Waals surface area contributed by atoms with Crippen LogP contribution in [0.5, 0.6) is 11.5 Å². The number of nitrogens with one attached hydrogen (secondary N) is 1. The van der Waals surface area contributed by atoms with Crippen molar-refractivity contribution in [3.05, 3.63) is 35.9 Å². The highest BCUT2D eigenvalue weighted by Crippen LogP contribution is 2.35. The molecule has 0 saturated carbocycles. The average Bonchev–Trinajstić information content (AvgIpc) is 2.60. The molecule has 2 rings (SSSR count). The van der Waals surface area contributed by atoms with Gasteiger partial charge in [0.15, 0.2) is 17.8 Å². The zero-order valence-electron chi connectivity index (χ0n) is 14.9. The van der Waals surface area contributed by atoms with E-state index >= 15 is 0 Å². The van der Waals surface area contributed by atoms with Crippen molar-refractivity contribution in [3.8, 4) is 11.5 Å². The fraction of sp³-hybridized carbons (Fsp3) is 0.474. The number of benzene rings is 2. The Kier molecular flexibility index (Phi) is 7.31. The molecule has 0 amide bonds. The number of ether oxygens (including phenoxy) is 4. The molecule has 2 aromatic rings. The van der Waals surface area contributed by atoms with Crippen LogP contribution >= 0.6 is 0 Å². The third kappa shape index (κ3) is 4.60. The molecule has 0 fully saturated rings. The molecule has 1 N–H and O–H groups in total. The minimum atomic E-state index is -0.213. The maximum Gasteiger partial charge on any atom is 0.169 e. The van der Waals surface area contributed by atoms with E-state index in [1.54, 1.807) is 14.2 Å². The molecule has 0 radical (unpaired) electrons. The third-order valence-electron chi connectivity index (χ3n) is 3.77. The molecule has 0 atom stereocenters. The van der Waals surface area contributed by atoms with Crippen LogP contribution in [0.1, 0.15) is 19.4 Å². The van der Waals surface area contributed by atoms with Crippen molar-refractivity contribution in [2.45, 2.75) is 26.7 Å². The van der Waals surface area contributed by atoms with Gasteiger partial charge in [0.05, 0.1) is 14.2 Å². The number of hydrogen-bond donors (Lipinski definition) is 1. The first-order valence-electron chi connectivity index (χ1n) is 8.31. The summed E-state index contributed by atoms with van der Waals surface area (Å²) in [6.45, 7) is 6.59. The summed E-state index contributed by atoms with van der Waals surface area (Å²) in [5, 5.41) is 5.55. The monoisotopic (exact) mass is 333 g/mol. The van der Waals surface area contributed by atoms with Gasteiger partial charge in [-0.05, 0) is 36.9 Å². The highest BCUT2D eigenvalue weighted by molar-refractivity contribution is 5.91.